The van der Waals surface area contributed by atoms with Gasteiger partial charge in [0.2, 0.25) is 0 Å². The van der Waals surface area contributed by atoms with Crippen molar-refractivity contribution in [1.29, 1.82) is 0 Å². The minimum Gasteiger partial charge on any atom is -0.508 e. The molecule has 0 atom stereocenters. The fraction of sp³-hybridized carbons (Fsp3) is 0.316. The van der Waals surface area contributed by atoms with Gasteiger partial charge in [-0.3, -0.25) is 4.79 Å². The molecule has 0 heterocycles. The number of aromatic hydroxyl groups is 2. The Morgan fingerprint density at radius 3 is 2.17 bits per heavy atom. The summed E-state index contributed by atoms with van der Waals surface area (Å²) in [5.74, 6) is 0.308. The highest BCUT2D eigenvalue weighted by molar-refractivity contribution is 5.69. The Bertz CT molecular complexity index is 651. The van der Waals surface area contributed by atoms with Gasteiger partial charge in [0.05, 0.1) is 6.61 Å². The van der Waals surface area contributed by atoms with Gasteiger partial charge in [-0.25, -0.2) is 0 Å². The fourth-order valence-corrected chi connectivity index (χ4v) is 2.45. The number of hydrogen-bond donors (Lipinski definition) is 2. The summed E-state index contributed by atoms with van der Waals surface area (Å²) in [5, 5.41) is 18.9. The van der Waals surface area contributed by atoms with E-state index in [0.717, 1.165) is 22.3 Å². The zero-order valence-corrected chi connectivity index (χ0v) is 13.5. The summed E-state index contributed by atoms with van der Waals surface area (Å²) in [4.78, 5) is 11.8. The SMILES string of the molecule is Cc1cc(CCC(=O)OCCc2ccc(O)cc2)cc(C)c1O. The van der Waals surface area contributed by atoms with Gasteiger partial charge in [-0.2, -0.15) is 0 Å². The first-order valence-corrected chi connectivity index (χ1v) is 7.68. The van der Waals surface area contributed by atoms with E-state index in [4.69, 9.17) is 4.74 Å². The molecule has 0 fully saturated rings. The molecule has 0 amide bonds. The normalized spacial score (nSPS) is 10.5. The Morgan fingerprint density at radius 1 is 0.957 bits per heavy atom. The molecule has 0 aliphatic carbocycles. The van der Waals surface area contributed by atoms with Crippen LogP contribution in [0.1, 0.15) is 28.7 Å². The second kappa shape index (κ2) is 7.68. The molecule has 0 aliphatic rings. The quantitative estimate of drug-likeness (QED) is 0.802. The van der Waals surface area contributed by atoms with Crippen LogP contribution in [0.5, 0.6) is 11.5 Å². The van der Waals surface area contributed by atoms with Crippen LogP contribution in [0.2, 0.25) is 0 Å². The highest BCUT2D eigenvalue weighted by Crippen LogP contribution is 2.23. The van der Waals surface area contributed by atoms with E-state index in [1.54, 1.807) is 12.1 Å². The summed E-state index contributed by atoms with van der Waals surface area (Å²) in [6.07, 6.45) is 1.54. The summed E-state index contributed by atoms with van der Waals surface area (Å²) in [7, 11) is 0. The molecule has 0 saturated carbocycles. The van der Waals surface area contributed by atoms with Gasteiger partial charge in [0.1, 0.15) is 11.5 Å². The van der Waals surface area contributed by atoms with Crippen molar-refractivity contribution in [3.63, 3.8) is 0 Å². The predicted octanol–water partition coefficient (Wildman–Crippen LogP) is 3.43. The van der Waals surface area contributed by atoms with E-state index in [9.17, 15) is 15.0 Å². The van der Waals surface area contributed by atoms with Crippen LogP contribution in [0.3, 0.4) is 0 Å². The first kappa shape index (κ1) is 16.9. The monoisotopic (exact) mass is 314 g/mol. The molecular formula is C19H22O4. The highest BCUT2D eigenvalue weighted by atomic mass is 16.5. The number of ether oxygens (including phenoxy) is 1. The van der Waals surface area contributed by atoms with Crippen LogP contribution < -0.4 is 0 Å². The van der Waals surface area contributed by atoms with Crippen molar-refractivity contribution in [3.8, 4) is 11.5 Å². The molecule has 2 aromatic rings. The molecule has 0 aliphatic heterocycles. The average Bonchev–Trinajstić information content (AvgIpc) is 2.52. The van der Waals surface area contributed by atoms with Gasteiger partial charge in [0, 0.05) is 12.8 Å². The zero-order chi connectivity index (χ0) is 16.8. The Balaban J connectivity index is 1.76. The highest BCUT2D eigenvalue weighted by Gasteiger charge is 2.07. The van der Waals surface area contributed by atoms with Gasteiger partial charge < -0.3 is 14.9 Å². The molecule has 2 rings (SSSR count). The smallest absolute Gasteiger partial charge is 0.306 e. The van der Waals surface area contributed by atoms with Crippen molar-refractivity contribution in [2.75, 3.05) is 6.61 Å². The number of aryl methyl sites for hydroxylation is 3. The second-order valence-electron chi connectivity index (χ2n) is 5.72. The number of carbonyl (C=O) groups is 1. The topological polar surface area (TPSA) is 66.8 Å². The van der Waals surface area contributed by atoms with Gasteiger partial charge in [-0.1, -0.05) is 24.3 Å². The lowest BCUT2D eigenvalue weighted by Gasteiger charge is -2.08. The van der Waals surface area contributed by atoms with Gasteiger partial charge in [0.25, 0.3) is 0 Å². The maximum Gasteiger partial charge on any atom is 0.306 e. The number of phenolic OH excluding ortho intramolecular Hbond substituents is 2. The molecule has 23 heavy (non-hydrogen) atoms. The fourth-order valence-electron chi connectivity index (χ4n) is 2.45. The molecule has 0 saturated heterocycles. The number of benzene rings is 2. The van der Waals surface area contributed by atoms with Gasteiger partial charge >= 0.3 is 5.97 Å². The van der Waals surface area contributed by atoms with Crippen molar-refractivity contribution in [3.05, 3.63) is 58.7 Å². The third-order valence-electron chi connectivity index (χ3n) is 3.76. The standard InChI is InChI=1S/C19H22O4/c1-13-11-16(12-14(2)19(13)22)5-8-18(21)23-10-9-15-3-6-17(20)7-4-15/h3-4,6-7,11-12,20,22H,5,8-10H2,1-2H3. The summed E-state index contributed by atoms with van der Waals surface area (Å²) >= 11 is 0. The van der Waals surface area contributed by atoms with Crippen molar-refractivity contribution in [2.24, 2.45) is 0 Å². The van der Waals surface area contributed by atoms with Crippen molar-refractivity contribution in [1.82, 2.24) is 0 Å². The second-order valence-corrected chi connectivity index (χ2v) is 5.72. The molecule has 122 valence electrons. The first-order valence-electron chi connectivity index (χ1n) is 7.68. The van der Waals surface area contributed by atoms with Crippen LogP contribution in [0.15, 0.2) is 36.4 Å². The van der Waals surface area contributed by atoms with Crippen molar-refractivity contribution in [2.45, 2.75) is 33.1 Å². The number of rotatable bonds is 6. The minimum atomic E-state index is -0.229. The third kappa shape index (κ3) is 5.02. The average molecular weight is 314 g/mol. The Hall–Kier alpha value is -2.49. The van der Waals surface area contributed by atoms with Gasteiger partial charge in [-0.05, 0) is 54.7 Å². The van der Waals surface area contributed by atoms with Gasteiger partial charge in [0.15, 0.2) is 0 Å². The number of phenols is 2. The maximum atomic E-state index is 11.8. The maximum absolute atomic E-state index is 11.8. The van der Waals surface area contributed by atoms with Crippen LogP contribution in [-0.4, -0.2) is 22.8 Å². The number of hydrogen-bond acceptors (Lipinski definition) is 4. The number of carbonyl (C=O) groups excluding carboxylic acids is 1. The van der Waals surface area contributed by atoms with E-state index < -0.39 is 0 Å². The van der Waals surface area contributed by atoms with Gasteiger partial charge in [-0.15, -0.1) is 0 Å². The summed E-state index contributed by atoms with van der Waals surface area (Å²) in [6, 6.07) is 10.6. The molecule has 0 bridgehead atoms. The first-order chi connectivity index (χ1) is 11.0. The van der Waals surface area contributed by atoms with E-state index in [1.165, 1.54) is 0 Å². The Morgan fingerprint density at radius 2 is 1.57 bits per heavy atom. The molecule has 2 N–H and O–H groups in total. The molecule has 4 heteroatoms. The molecule has 4 nitrogen and oxygen atoms in total. The van der Waals surface area contributed by atoms with Crippen LogP contribution in [0.4, 0.5) is 0 Å². The molecule has 0 aromatic heterocycles. The lowest BCUT2D eigenvalue weighted by atomic mass is 10.0. The zero-order valence-electron chi connectivity index (χ0n) is 13.5. The van der Waals surface area contributed by atoms with E-state index in [-0.39, 0.29) is 11.7 Å². The van der Waals surface area contributed by atoms with Crippen LogP contribution in [0, 0.1) is 13.8 Å². The van der Waals surface area contributed by atoms with E-state index >= 15 is 0 Å². The summed E-state index contributed by atoms with van der Waals surface area (Å²) in [6.45, 7) is 4.03. The lowest BCUT2D eigenvalue weighted by molar-refractivity contribution is -0.143. The molecule has 2 aromatic carbocycles. The van der Waals surface area contributed by atoms with Crippen LogP contribution >= 0.6 is 0 Å². The predicted molar refractivity (Wildman–Crippen MR) is 88.7 cm³/mol. The van der Waals surface area contributed by atoms with Crippen LogP contribution in [-0.2, 0) is 22.4 Å². The van der Waals surface area contributed by atoms with Crippen molar-refractivity contribution < 1.29 is 19.7 Å². The Kier molecular flexibility index (Phi) is 5.63. The third-order valence-corrected chi connectivity index (χ3v) is 3.76. The molecule has 0 radical (unpaired) electrons. The largest absolute Gasteiger partial charge is 0.508 e. The van der Waals surface area contributed by atoms with E-state index in [1.807, 2.05) is 38.1 Å². The van der Waals surface area contributed by atoms with E-state index in [2.05, 4.69) is 0 Å². The summed E-state index contributed by atoms with van der Waals surface area (Å²) in [5.41, 5.74) is 3.68. The minimum absolute atomic E-state index is 0.227. The summed E-state index contributed by atoms with van der Waals surface area (Å²) < 4.78 is 5.23. The Labute approximate surface area is 136 Å². The molecule has 0 spiro atoms. The van der Waals surface area contributed by atoms with E-state index in [0.29, 0.717) is 31.6 Å². The van der Waals surface area contributed by atoms with Crippen LogP contribution in [0.25, 0.3) is 0 Å². The molecule has 0 unspecified atom stereocenters. The number of esters is 1. The van der Waals surface area contributed by atoms with Crippen molar-refractivity contribution >= 4 is 5.97 Å². The molecular weight excluding hydrogens is 292 g/mol. The lowest BCUT2D eigenvalue weighted by Crippen LogP contribution is -2.08.